The Labute approximate surface area is 175 Å². The molecule has 2 aliphatic heterocycles. The molecule has 0 unspecified atom stereocenters. The Morgan fingerprint density at radius 3 is 2.52 bits per heavy atom. The molecule has 29 heavy (non-hydrogen) atoms. The summed E-state index contributed by atoms with van der Waals surface area (Å²) in [6, 6.07) is 5.18. The molecule has 6 nitrogen and oxygen atoms in total. The fraction of sp³-hybridized carbons (Fsp3) is 0.682. The van der Waals surface area contributed by atoms with Crippen LogP contribution in [0.25, 0.3) is 0 Å². The van der Waals surface area contributed by atoms with E-state index in [9.17, 15) is 13.2 Å². The standard InChI is InChI=1S/C22H35N3O3S/c1-5-22(26)25-18(4)12-19-13-20(7-8-21(19)25)29(27,28)23-9-6-10-24-14-16(2)11-17(3)15-24/h7-8,13,16-18,23H,5-6,9-12,14-15H2,1-4H3/t16-,17-,18+/m1/s1. The maximum atomic E-state index is 12.7. The maximum absolute atomic E-state index is 12.7. The molecule has 1 N–H and O–H groups in total. The summed E-state index contributed by atoms with van der Waals surface area (Å²) in [5.74, 6) is 1.50. The van der Waals surface area contributed by atoms with Crippen molar-refractivity contribution < 1.29 is 13.2 Å². The van der Waals surface area contributed by atoms with Gasteiger partial charge in [-0.3, -0.25) is 4.79 Å². The van der Waals surface area contributed by atoms with Crippen LogP contribution in [0.2, 0.25) is 0 Å². The highest BCUT2D eigenvalue weighted by molar-refractivity contribution is 7.89. The summed E-state index contributed by atoms with van der Waals surface area (Å²) in [6.07, 6.45) is 3.22. The molecule has 0 bridgehead atoms. The van der Waals surface area contributed by atoms with Gasteiger partial charge in [-0.15, -0.1) is 0 Å². The Morgan fingerprint density at radius 1 is 1.17 bits per heavy atom. The van der Waals surface area contributed by atoms with Crippen molar-refractivity contribution in [2.24, 2.45) is 11.8 Å². The zero-order valence-corrected chi connectivity index (χ0v) is 19.0. The second-order valence-electron chi connectivity index (χ2n) is 8.92. The number of carbonyl (C=O) groups excluding carboxylic acids is 1. The topological polar surface area (TPSA) is 69.7 Å². The molecule has 2 aliphatic rings. The van der Waals surface area contributed by atoms with Gasteiger partial charge >= 0.3 is 0 Å². The minimum absolute atomic E-state index is 0.0673. The summed E-state index contributed by atoms with van der Waals surface area (Å²) in [5, 5.41) is 0. The monoisotopic (exact) mass is 421 g/mol. The number of nitrogens with zero attached hydrogens (tertiary/aromatic N) is 2. The van der Waals surface area contributed by atoms with Crippen molar-refractivity contribution >= 4 is 21.6 Å². The second-order valence-corrected chi connectivity index (χ2v) is 10.7. The zero-order valence-electron chi connectivity index (χ0n) is 18.1. The first kappa shape index (κ1) is 22.2. The van der Waals surface area contributed by atoms with Crippen LogP contribution in [-0.2, 0) is 21.2 Å². The first-order chi connectivity index (χ1) is 13.7. The van der Waals surface area contributed by atoms with E-state index in [0.717, 1.165) is 37.3 Å². The Balaban J connectivity index is 1.58. The van der Waals surface area contributed by atoms with Crippen molar-refractivity contribution in [3.05, 3.63) is 23.8 Å². The molecule has 1 aromatic rings. The SMILES string of the molecule is CCC(=O)N1c2ccc(S(=O)(=O)NCCCN3C[C@H](C)C[C@@H](C)C3)cc2C[C@@H]1C. The minimum atomic E-state index is -3.54. The number of piperidine rings is 1. The van der Waals surface area contributed by atoms with Crippen LogP contribution in [0.4, 0.5) is 5.69 Å². The summed E-state index contributed by atoms with van der Waals surface area (Å²) in [5.41, 5.74) is 1.77. The number of sulfonamides is 1. The fourth-order valence-electron chi connectivity index (χ4n) is 4.89. The van der Waals surface area contributed by atoms with E-state index in [4.69, 9.17) is 0 Å². The third kappa shape index (κ3) is 5.19. The lowest BCUT2D eigenvalue weighted by molar-refractivity contribution is -0.118. The zero-order chi connectivity index (χ0) is 21.2. The Morgan fingerprint density at radius 2 is 1.86 bits per heavy atom. The Hall–Kier alpha value is -1.44. The number of anilines is 1. The maximum Gasteiger partial charge on any atom is 0.240 e. The van der Waals surface area contributed by atoms with E-state index in [2.05, 4.69) is 23.5 Å². The first-order valence-corrected chi connectivity index (χ1v) is 12.4. The van der Waals surface area contributed by atoms with Gasteiger partial charge < -0.3 is 9.80 Å². The quantitative estimate of drug-likeness (QED) is 0.687. The molecule has 1 amide bonds. The van der Waals surface area contributed by atoms with Gasteiger partial charge in [-0.05, 0) is 68.3 Å². The third-order valence-electron chi connectivity index (χ3n) is 6.04. The van der Waals surface area contributed by atoms with Gasteiger partial charge in [-0.1, -0.05) is 20.8 Å². The van der Waals surface area contributed by atoms with Crippen LogP contribution in [0.1, 0.15) is 52.5 Å². The van der Waals surface area contributed by atoms with Gasteiger partial charge in [-0.25, -0.2) is 13.1 Å². The highest BCUT2D eigenvalue weighted by Crippen LogP contribution is 2.34. The predicted molar refractivity (Wildman–Crippen MR) is 117 cm³/mol. The third-order valence-corrected chi connectivity index (χ3v) is 7.49. The molecule has 1 aromatic carbocycles. The van der Waals surface area contributed by atoms with Crippen molar-refractivity contribution in [2.45, 2.75) is 64.3 Å². The normalized spacial score (nSPS) is 25.2. The number of nitrogens with one attached hydrogen (secondary N) is 1. The van der Waals surface area contributed by atoms with E-state index in [0.29, 0.717) is 31.2 Å². The fourth-order valence-corrected chi connectivity index (χ4v) is 6.02. The largest absolute Gasteiger partial charge is 0.309 e. The van der Waals surface area contributed by atoms with Crippen molar-refractivity contribution in [3.63, 3.8) is 0 Å². The average Bonchev–Trinajstić information content (AvgIpc) is 2.99. The number of hydrogen-bond acceptors (Lipinski definition) is 4. The van der Waals surface area contributed by atoms with Crippen LogP contribution in [0.3, 0.4) is 0 Å². The van der Waals surface area contributed by atoms with Crippen LogP contribution in [0, 0.1) is 11.8 Å². The van der Waals surface area contributed by atoms with Crippen molar-refractivity contribution in [1.82, 2.24) is 9.62 Å². The van der Waals surface area contributed by atoms with E-state index in [1.165, 1.54) is 6.42 Å². The molecule has 7 heteroatoms. The molecule has 1 saturated heterocycles. The summed E-state index contributed by atoms with van der Waals surface area (Å²) < 4.78 is 28.2. The van der Waals surface area contributed by atoms with Crippen LogP contribution in [0.5, 0.6) is 0 Å². The van der Waals surface area contributed by atoms with Crippen molar-refractivity contribution in [2.75, 3.05) is 31.1 Å². The summed E-state index contributed by atoms with van der Waals surface area (Å²) in [6.45, 7) is 12.0. The van der Waals surface area contributed by atoms with E-state index >= 15 is 0 Å². The number of carbonyl (C=O) groups is 1. The van der Waals surface area contributed by atoms with Crippen LogP contribution < -0.4 is 9.62 Å². The van der Waals surface area contributed by atoms with Crippen LogP contribution in [-0.4, -0.2) is 51.4 Å². The molecule has 2 heterocycles. The molecule has 0 spiro atoms. The number of fused-ring (bicyclic) bond motifs is 1. The summed E-state index contributed by atoms with van der Waals surface area (Å²) in [4.78, 5) is 16.7. The van der Waals surface area contributed by atoms with Crippen LogP contribution in [0.15, 0.2) is 23.1 Å². The van der Waals surface area contributed by atoms with E-state index < -0.39 is 10.0 Å². The molecule has 1 fully saturated rings. The molecular formula is C22H35N3O3S. The van der Waals surface area contributed by atoms with Crippen LogP contribution >= 0.6 is 0 Å². The predicted octanol–water partition coefficient (Wildman–Crippen LogP) is 3.02. The molecule has 0 saturated carbocycles. The number of rotatable bonds is 7. The summed E-state index contributed by atoms with van der Waals surface area (Å²) >= 11 is 0. The number of benzene rings is 1. The van der Waals surface area contributed by atoms with Gasteiger partial charge in [-0.2, -0.15) is 0 Å². The Bertz CT molecular complexity index is 830. The second kappa shape index (κ2) is 9.14. The van der Waals surface area contributed by atoms with Crippen molar-refractivity contribution in [1.29, 1.82) is 0 Å². The lowest BCUT2D eigenvalue weighted by atomic mass is 9.92. The van der Waals surface area contributed by atoms with E-state index in [1.807, 2.05) is 13.8 Å². The molecular weight excluding hydrogens is 386 g/mol. The molecule has 3 atom stereocenters. The van der Waals surface area contributed by atoms with Gasteiger partial charge in [0.05, 0.1) is 4.90 Å². The molecule has 3 rings (SSSR count). The molecule has 0 aromatic heterocycles. The first-order valence-electron chi connectivity index (χ1n) is 10.9. The minimum Gasteiger partial charge on any atom is -0.309 e. The number of likely N-dealkylation sites (tertiary alicyclic amines) is 1. The number of amides is 1. The molecule has 0 aliphatic carbocycles. The van der Waals surface area contributed by atoms with Gasteiger partial charge in [0.1, 0.15) is 0 Å². The van der Waals surface area contributed by atoms with Crippen molar-refractivity contribution in [3.8, 4) is 0 Å². The lowest BCUT2D eigenvalue weighted by Crippen LogP contribution is -2.40. The van der Waals surface area contributed by atoms with Gasteiger partial charge in [0.25, 0.3) is 0 Å². The highest BCUT2D eigenvalue weighted by Gasteiger charge is 2.31. The van der Waals surface area contributed by atoms with Gasteiger partial charge in [0.15, 0.2) is 0 Å². The van der Waals surface area contributed by atoms with Gasteiger partial charge in [0.2, 0.25) is 15.9 Å². The Kier molecular flexibility index (Phi) is 7.02. The van der Waals surface area contributed by atoms with Gasteiger partial charge in [0, 0.05) is 37.8 Å². The average molecular weight is 422 g/mol. The molecule has 0 radical (unpaired) electrons. The number of hydrogen-bond donors (Lipinski definition) is 1. The van der Waals surface area contributed by atoms with E-state index in [-0.39, 0.29) is 16.8 Å². The lowest BCUT2D eigenvalue weighted by Gasteiger charge is -2.34. The molecule has 162 valence electrons. The summed E-state index contributed by atoms with van der Waals surface area (Å²) in [7, 11) is -3.54. The highest BCUT2D eigenvalue weighted by atomic mass is 32.2. The van der Waals surface area contributed by atoms with E-state index in [1.54, 1.807) is 23.1 Å². The smallest absolute Gasteiger partial charge is 0.240 e.